The molecule has 1 saturated heterocycles. The van der Waals surface area contributed by atoms with Gasteiger partial charge in [-0.1, -0.05) is 13.8 Å². The molecule has 0 radical (unpaired) electrons. The summed E-state index contributed by atoms with van der Waals surface area (Å²) < 4.78 is 5.69. The topological polar surface area (TPSA) is 41.5 Å². The first kappa shape index (κ1) is 14.3. The molecule has 0 aromatic rings. The van der Waals surface area contributed by atoms with Crippen molar-refractivity contribution in [3.8, 4) is 0 Å². The Morgan fingerprint density at radius 3 is 2.50 bits per heavy atom. The maximum Gasteiger partial charge on any atom is 0.0772 e. The van der Waals surface area contributed by atoms with Crippen LogP contribution in [0.5, 0.6) is 0 Å². The van der Waals surface area contributed by atoms with Crippen LogP contribution in [0.15, 0.2) is 0 Å². The van der Waals surface area contributed by atoms with Gasteiger partial charge in [-0.2, -0.15) is 0 Å². The SMILES string of the molecule is CC1(C)CCC(O)(CNCC2CCCCO2)CC1. The van der Waals surface area contributed by atoms with E-state index in [-0.39, 0.29) is 0 Å². The zero-order valence-corrected chi connectivity index (χ0v) is 12.0. The fourth-order valence-electron chi connectivity index (χ4n) is 3.00. The van der Waals surface area contributed by atoms with Crippen molar-refractivity contribution in [2.45, 2.75) is 70.5 Å². The molecule has 0 aromatic heterocycles. The molecule has 2 rings (SSSR count). The second-order valence-electron chi connectivity index (χ2n) is 7.01. The van der Waals surface area contributed by atoms with Gasteiger partial charge in [-0.15, -0.1) is 0 Å². The highest BCUT2D eigenvalue weighted by Crippen LogP contribution is 2.39. The highest BCUT2D eigenvalue weighted by atomic mass is 16.5. The van der Waals surface area contributed by atoms with Gasteiger partial charge in [0.05, 0.1) is 11.7 Å². The highest BCUT2D eigenvalue weighted by Gasteiger charge is 2.36. The number of nitrogens with one attached hydrogen (secondary N) is 1. The van der Waals surface area contributed by atoms with Crippen LogP contribution in [0.3, 0.4) is 0 Å². The van der Waals surface area contributed by atoms with Gasteiger partial charge in [0.15, 0.2) is 0 Å². The summed E-state index contributed by atoms with van der Waals surface area (Å²) in [6.07, 6.45) is 8.13. The van der Waals surface area contributed by atoms with Crippen molar-refractivity contribution in [3.05, 3.63) is 0 Å². The Kier molecular flexibility index (Phi) is 4.68. The van der Waals surface area contributed by atoms with E-state index in [4.69, 9.17) is 4.74 Å². The summed E-state index contributed by atoms with van der Waals surface area (Å²) in [6.45, 7) is 7.13. The van der Waals surface area contributed by atoms with E-state index in [0.29, 0.717) is 11.5 Å². The van der Waals surface area contributed by atoms with Crippen LogP contribution < -0.4 is 5.32 Å². The third kappa shape index (κ3) is 4.22. The van der Waals surface area contributed by atoms with Crippen LogP contribution in [0, 0.1) is 5.41 Å². The lowest BCUT2D eigenvalue weighted by molar-refractivity contribution is -0.0305. The third-order valence-corrected chi connectivity index (χ3v) is 4.63. The monoisotopic (exact) mass is 255 g/mol. The fourth-order valence-corrected chi connectivity index (χ4v) is 3.00. The summed E-state index contributed by atoms with van der Waals surface area (Å²) in [5.41, 5.74) is -0.0666. The van der Waals surface area contributed by atoms with Crippen LogP contribution in [-0.2, 0) is 4.74 Å². The fraction of sp³-hybridized carbons (Fsp3) is 1.00. The van der Waals surface area contributed by atoms with Crippen molar-refractivity contribution in [2.75, 3.05) is 19.7 Å². The first-order valence-electron chi connectivity index (χ1n) is 7.54. The Labute approximate surface area is 111 Å². The summed E-state index contributed by atoms with van der Waals surface area (Å²) >= 11 is 0. The smallest absolute Gasteiger partial charge is 0.0772 e. The maximum absolute atomic E-state index is 10.5. The first-order valence-corrected chi connectivity index (χ1v) is 7.54. The molecule has 2 aliphatic rings. The van der Waals surface area contributed by atoms with Crippen molar-refractivity contribution in [1.29, 1.82) is 0 Å². The van der Waals surface area contributed by atoms with E-state index in [1.54, 1.807) is 0 Å². The van der Waals surface area contributed by atoms with Crippen molar-refractivity contribution in [2.24, 2.45) is 5.41 Å². The number of ether oxygens (including phenoxy) is 1. The summed E-state index contributed by atoms with van der Waals surface area (Å²) in [5.74, 6) is 0. The van der Waals surface area contributed by atoms with E-state index in [9.17, 15) is 5.11 Å². The third-order valence-electron chi connectivity index (χ3n) is 4.63. The van der Waals surface area contributed by atoms with Gasteiger partial charge in [-0.05, 0) is 50.4 Å². The molecule has 0 aromatic carbocycles. The largest absolute Gasteiger partial charge is 0.389 e. The average Bonchev–Trinajstić information content (AvgIpc) is 2.35. The van der Waals surface area contributed by atoms with E-state index in [0.717, 1.165) is 45.4 Å². The number of rotatable bonds is 4. The molecule has 106 valence electrons. The lowest BCUT2D eigenvalue weighted by Gasteiger charge is -2.40. The summed E-state index contributed by atoms with van der Waals surface area (Å²) in [6, 6.07) is 0. The quantitative estimate of drug-likeness (QED) is 0.811. The van der Waals surface area contributed by atoms with Gasteiger partial charge in [0.2, 0.25) is 0 Å². The minimum absolute atomic E-state index is 0.363. The zero-order chi connectivity index (χ0) is 13.1. The van der Waals surface area contributed by atoms with Crippen molar-refractivity contribution >= 4 is 0 Å². The minimum Gasteiger partial charge on any atom is -0.389 e. The summed E-state index contributed by atoms with van der Waals surface area (Å²) in [5, 5.41) is 13.9. The van der Waals surface area contributed by atoms with E-state index in [2.05, 4.69) is 19.2 Å². The molecule has 0 amide bonds. The number of hydrogen-bond donors (Lipinski definition) is 2. The lowest BCUT2D eigenvalue weighted by Crippen LogP contribution is -2.47. The van der Waals surface area contributed by atoms with E-state index >= 15 is 0 Å². The molecule has 1 atom stereocenters. The van der Waals surface area contributed by atoms with Crippen LogP contribution in [0.2, 0.25) is 0 Å². The zero-order valence-electron chi connectivity index (χ0n) is 12.0. The molecule has 1 aliphatic carbocycles. The summed E-state index contributed by atoms with van der Waals surface area (Å²) in [7, 11) is 0. The van der Waals surface area contributed by atoms with Crippen LogP contribution in [-0.4, -0.2) is 36.5 Å². The lowest BCUT2D eigenvalue weighted by atomic mass is 9.71. The van der Waals surface area contributed by atoms with Gasteiger partial charge < -0.3 is 15.2 Å². The maximum atomic E-state index is 10.5. The van der Waals surface area contributed by atoms with E-state index < -0.39 is 5.60 Å². The molecule has 1 aliphatic heterocycles. The molecule has 2 fully saturated rings. The predicted molar refractivity (Wildman–Crippen MR) is 73.7 cm³/mol. The Balaban J connectivity index is 1.66. The second-order valence-corrected chi connectivity index (χ2v) is 7.01. The molecule has 2 N–H and O–H groups in total. The first-order chi connectivity index (χ1) is 8.49. The van der Waals surface area contributed by atoms with Gasteiger partial charge >= 0.3 is 0 Å². The number of aliphatic hydroxyl groups is 1. The molecule has 1 unspecified atom stereocenters. The molecule has 0 bridgehead atoms. The Morgan fingerprint density at radius 1 is 1.17 bits per heavy atom. The molecule has 3 heteroatoms. The Bertz CT molecular complexity index is 249. The second kappa shape index (κ2) is 5.89. The number of hydrogen-bond acceptors (Lipinski definition) is 3. The predicted octanol–water partition coefficient (Wildman–Crippen LogP) is 2.48. The van der Waals surface area contributed by atoms with Crippen LogP contribution in [0.4, 0.5) is 0 Å². The Morgan fingerprint density at radius 2 is 1.89 bits per heavy atom. The molecular weight excluding hydrogens is 226 g/mol. The average molecular weight is 255 g/mol. The van der Waals surface area contributed by atoms with Gasteiger partial charge in [0.1, 0.15) is 0 Å². The minimum atomic E-state index is -0.482. The van der Waals surface area contributed by atoms with Crippen molar-refractivity contribution < 1.29 is 9.84 Å². The standard InChI is InChI=1S/C15H29NO2/c1-14(2)6-8-15(17,9-7-14)12-16-11-13-5-3-4-10-18-13/h13,16-17H,3-12H2,1-2H3. The van der Waals surface area contributed by atoms with Crippen LogP contribution in [0.1, 0.15) is 58.8 Å². The molecule has 1 heterocycles. The molecular formula is C15H29NO2. The molecule has 1 saturated carbocycles. The highest BCUT2D eigenvalue weighted by molar-refractivity contribution is 4.90. The van der Waals surface area contributed by atoms with Crippen molar-refractivity contribution in [3.63, 3.8) is 0 Å². The van der Waals surface area contributed by atoms with Gasteiger partial charge in [-0.25, -0.2) is 0 Å². The Hall–Kier alpha value is -0.120. The molecule has 3 nitrogen and oxygen atoms in total. The van der Waals surface area contributed by atoms with Gasteiger partial charge in [0.25, 0.3) is 0 Å². The van der Waals surface area contributed by atoms with E-state index in [1.165, 1.54) is 19.3 Å². The molecule has 0 spiro atoms. The van der Waals surface area contributed by atoms with Crippen LogP contribution >= 0.6 is 0 Å². The van der Waals surface area contributed by atoms with Gasteiger partial charge in [0, 0.05) is 19.7 Å². The van der Waals surface area contributed by atoms with Crippen LogP contribution in [0.25, 0.3) is 0 Å². The van der Waals surface area contributed by atoms with Gasteiger partial charge in [-0.3, -0.25) is 0 Å². The normalized spacial score (nSPS) is 31.2. The van der Waals surface area contributed by atoms with E-state index in [1.807, 2.05) is 0 Å². The summed E-state index contributed by atoms with van der Waals surface area (Å²) in [4.78, 5) is 0. The van der Waals surface area contributed by atoms with Crippen molar-refractivity contribution in [1.82, 2.24) is 5.32 Å². The molecule has 18 heavy (non-hydrogen) atoms.